The lowest BCUT2D eigenvalue weighted by Gasteiger charge is -2.34. The highest BCUT2D eigenvalue weighted by Crippen LogP contribution is 2.29. The summed E-state index contributed by atoms with van der Waals surface area (Å²) in [6.07, 6.45) is 0. The summed E-state index contributed by atoms with van der Waals surface area (Å²) in [5.41, 5.74) is 3.31. The maximum atomic E-state index is 12.6. The zero-order valence-electron chi connectivity index (χ0n) is 17.5. The van der Waals surface area contributed by atoms with Gasteiger partial charge in [-0.3, -0.25) is 9.69 Å². The topological polar surface area (TPSA) is 49.6 Å². The molecule has 3 aromatic rings. The van der Waals surface area contributed by atoms with Gasteiger partial charge in [0.15, 0.2) is 0 Å². The fourth-order valence-electron chi connectivity index (χ4n) is 3.64. The number of amides is 1. The third-order valence-corrected chi connectivity index (χ3v) is 7.54. The number of thioether (sulfide) groups is 1. The van der Waals surface area contributed by atoms with Gasteiger partial charge >= 0.3 is 0 Å². The summed E-state index contributed by atoms with van der Waals surface area (Å²) in [4.78, 5) is 19.7. The van der Waals surface area contributed by atoms with Crippen LogP contribution in [0.4, 0.5) is 0 Å². The minimum absolute atomic E-state index is 0.230. The molecular weight excluding hydrogens is 414 g/mol. The Kier molecular flexibility index (Phi) is 6.92. The predicted molar refractivity (Wildman–Crippen MR) is 124 cm³/mol. The summed E-state index contributed by atoms with van der Waals surface area (Å²) in [5, 5.41) is 3.98. The summed E-state index contributed by atoms with van der Waals surface area (Å²) < 4.78 is 5.19. The van der Waals surface area contributed by atoms with Crippen LogP contribution in [-0.4, -0.2) is 52.8 Å². The lowest BCUT2D eigenvalue weighted by molar-refractivity contribution is -0.130. The molecule has 7 heteroatoms. The van der Waals surface area contributed by atoms with E-state index in [1.54, 1.807) is 11.8 Å². The third kappa shape index (κ3) is 5.14. The number of hydrogen-bond acceptors (Lipinski definition) is 6. The van der Waals surface area contributed by atoms with Crippen molar-refractivity contribution in [3.05, 3.63) is 64.4 Å². The molecule has 1 amide bonds. The van der Waals surface area contributed by atoms with Gasteiger partial charge in [-0.15, -0.1) is 23.1 Å². The lowest BCUT2D eigenvalue weighted by Crippen LogP contribution is -2.48. The first-order chi connectivity index (χ1) is 14.6. The quantitative estimate of drug-likeness (QED) is 0.536. The number of piperazine rings is 1. The van der Waals surface area contributed by atoms with E-state index in [0.29, 0.717) is 5.75 Å². The van der Waals surface area contributed by atoms with Crippen LogP contribution in [0.3, 0.4) is 0 Å². The molecule has 158 valence electrons. The molecule has 3 heterocycles. The van der Waals surface area contributed by atoms with Crippen molar-refractivity contribution < 1.29 is 9.32 Å². The van der Waals surface area contributed by atoms with Crippen LogP contribution >= 0.6 is 23.1 Å². The smallest absolute Gasteiger partial charge is 0.232 e. The van der Waals surface area contributed by atoms with Gasteiger partial charge in [-0.1, -0.05) is 35.5 Å². The van der Waals surface area contributed by atoms with Crippen LogP contribution in [-0.2, 0) is 17.1 Å². The maximum Gasteiger partial charge on any atom is 0.232 e. The van der Waals surface area contributed by atoms with Gasteiger partial charge in [0, 0.05) is 53.8 Å². The average Bonchev–Trinajstić information content (AvgIpc) is 3.36. The summed E-state index contributed by atoms with van der Waals surface area (Å²) in [6.45, 7) is 8.30. The van der Waals surface area contributed by atoms with Crippen molar-refractivity contribution in [1.29, 1.82) is 0 Å². The highest BCUT2D eigenvalue weighted by atomic mass is 32.2. The van der Waals surface area contributed by atoms with Gasteiger partial charge in [-0.05, 0) is 31.5 Å². The Bertz CT molecular complexity index is 956. The molecule has 0 unspecified atom stereocenters. The minimum Gasteiger partial charge on any atom is -0.361 e. The molecule has 5 nitrogen and oxygen atoms in total. The number of benzene rings is 1. The Labute approximate surface area is 186 Å². The molecule has 30 heavy (non-hydrogen) atoms. The van der Waals surface area contributed by atoms with Crippen molar-refractivity contribution in [3.63, 3.8) is 0 Å². The van der Waals surface area contributed by atoms with Gasteiger partial charge in [0.05, 0.1) is 11.4 Å². The van der Waals surface area contributed by atoms with Crippen molar-refractivity contribution in [3.8, 4) is 10.4 Å². The number of nitrogens with zero attached hydrogens (tertiary/aromatic N) is 3. The number of aryl methyl sites for hydroxylation is 2. The van der Waals surface area contributed by atoms with Gasteiger partial charge in [0.1, 0.15) is 5.76 Å². The molecule has 0 aliphatic carbocycles. The summed E-state index contributed by atoms with van der Waals surface area (Å²) in [6, 6.07) is 15.0. The molecule has 0 atom stereocenters. The molecule has 0 bridgehead atoms. The fraction of sp³-hybridized carbons (Fsp3) is 0.391. The Hall–Kier alpha value is -2.09. The summed E-state index contributed by atoms with van der Waals surface area (Å²) in [5.74, 6) is 2.36. The Morgan fingerprint density at radius 2 is 1.87 bits per heavy atom. The van der Waals surface area contributed by atoms with E-state index in [-0.39, 0.29) is 5.91 Å². The van der Waals surface area contributed by atoms with Crippen molar-refractivity contribution in [1.82, 2.24) is 15.0 Å². The van der Waals surface area contributed by atoms with Crippen molar-refractivity contribution in [2.45, 2.75) is 26.1 Å². The first-order valence-corrected chi connectivity index (χ1v) is 12.2. The normalized spacial score (nSPS) is 14.9. The third-order valence-electron chi connectivity index (χ3n) is 5.48. The SMILES string of the molecule is Cc1noc(C)c1CSCC(=O)N1CCN(Cc2ccc(-c3ccccc3)s2)CC1. The number of carbonyl (C=O) groups excluding carboxylic acids is 1. The largest absolute Gasteiger partial charge is 0.361 e. The monoisotopic (exact) mass is 441 g/mol. The maximum absolute atomic E-state index is 12.6. The second kappa shape index (κ2) is 9.81. The molecule has 2 aromatic heterocycles. The van der Waals surface area contributed by atoms with Gasteiger partial charge in [0.2, 0.25) is 5.91 Å². The van der Waals surface area contributed by atoms with Crippen LogP contribution in [0.25, 0.3) is 10.4 Å². The molecule has 4 rings (SSSR count). The number of thiophene rings is 1. The van der Waals surface area contributed by atoms with Gasteiger partial charge in [-0.2, -0.15) is 0 Å². The highest BCUT2D eigenvalue weighted by Gasteiger charge is 2.21. The Morgan fingerprint density at radius 1 is 1.10 bits per heavy atom. The molecular formula is C23H27N3O2S2. The van der Waals surface area contributed by atoms with Gasteiger partial charge < -0.3 is 9.42 Å². The van der Waals surface area contributed by atoms with E-state index in [2.05, 4.69) is 46.5 Å². The minimum atomic E-state index is 0.230. The molecule has 0 N–H and O–H groups in total. The van der Waals surface area contributed by atoms with E-state index in [0.717, 1.165) is 55.5 Å². The van der Waals surface area contributed by atoms with Crippen molar-refractivity contribution >= 4 is 29.0 Å². The summed E-state index contributed by atoms with van der Waals surface area (Å²) >= 11 is 3.50. The van der Waals surface area contributed by atoms with E-state index in [1.165, 1.54) is 15.3 Å². The van der Waals surface area contributed by atoms with Gasteiger partial charge in [-0.25, -0.2) is 0 Å². The van der Waals surface area contributed by atoms with Crippen molar-refractivity contribution in [2.24, 2.45) is 0 Å². The first-order valence-electron chi connectivity index (χ1n) is 10.2. The molecule has 1 aromatic carbocycles. The standard InChI is InChI=1S/C23H27N3O2S2/c1-17-21(18(2)28-24-17)15-29-16-23(27)26-12-10-25(11-13-26)14-20-8-9-22(30-20)19-6-4-3-5-7-19/h3-9H,10-16H2,1-2H3. The average molecular weight is 442 g/mol. The van der Waals surface area contributed by atoms with E-state index >= 15 is 0 Å². The fourth-order valence-corrected chi connectivity index (χ4v) is 5.77. The molecule has 1 fully saturated rings. The van der Waals surface area contributed by atoms with E-state index < -0.39 is 0 Å². The Balaban J connectivity index is 1.21. The predicted octanol–water partition coefficient (Wildman–Crippen LogP) is 4.60. The number of aromatic nitrogens is 1. The molecule has 0 saturated carbocycles. The van der Waals surface area contributed by atoms with Crippen molar-refractivity contribution in [2.75, 3.05) is 31.9 Å². The van der Waals surface area contributed by atoms with E-state index in [1.807, 2.05) is 36.2 Å². The molecule has 0 radical (unpaired) electrons. The second-order valence-corrected chi connectivity index (χ2v) is 9.74. The first kappa shape index (κ1) is 21.2. The summed E-state index contributed by atoms with van der Waals surface area (Å²) in [7, 11) is 0. The van der Waals surface area contributed by atoms with E-state index in [4.69, 9.17) is 4.52 Å². The molecule has 1 aliphatic heterocycles. The van der Waals surface area contributed by atoms with Crippen LogP contribution in [0.5, 0.6) is 0 Å². The van der Waals surface area contributed by atoms with Crippen LogP contribution in [0.1, 0.15) is 21.9 Å². The molecule has 1 aliphatic rings. The molecule has 1 saturated heterocycles. The van der Waals surface area contributed by atoms with Crippen LogP contribution in [0.15, 0.2) is 47.0 Å². The number of hydrogen-bond donors (Lipinski definition) is 0. The lowest BCUT2D eigenvalue weighted by atomic mass is 10.2. The zero-order chi connectivity index (χ0) is 20.9. The van der Waals surface area contributed by atoms with Crippen LogP contribution in [0.2, 0.25) is 0 Å². The Morgan fingerprint density at radius 3 is 2.57 bits per heavy atom. The highest BCUT2D eigenvalue weighted by molar-refractivity contribution is 7.99. The number of carbonyl (C=O) groups is 1. The van der Waals surface area contributed by atoms with Crippen LogP contribution < -0.4 is 0 Å². The zero-order valence-corrected chi connectivity index (χ0v) is 19.1. The van der Waals surface area contributed by atoms with Gasteiger partial charge in [0.25, 0.3) is 0 Å². The second-order valence-electron chi connectivity index (χ2n) is 7.58. The molecule has 0 spiro atoms. The number of rotatable bonds is 7. The van der Waals surface area contributed by atoms with Crippen LogP contribution in [0, 0.1) is 13.8 Å². The van der Waals surface area contributed by atoms with E-state index in [9.17, 15) is 4.79 Å².